The molecule has 0 fully saturated rings. The Labute approximate surface area is 121 Å². The van der Waals surface area contributed by atoms with E-state index in [1.54, 1.807) is 24.3 Å². The smallest absolute Gasteiger partial charge is 0.335 e. The van der Waals surface area contributed by atoms with Crippen LogP contribution in [0.5, 0.6) is 11.5 Å². The number of nitrogens with two attached hydrogens (primary N) is 1. The van der Waals surface area contributed by atoms with Crippen molar-refractivity contribution < 1.29 is 19.4 Å². The average Bonchev–Trinajstić information content (AvgIpc) is 2.86. The summed E-state index contributed by atoms with van der Waals surface area (Å²) in [6, 6.07) is 12.1. The number of hydrogen-bond donors (Lipinski definition) is 2. The summed E-state index contributed by atoms with van der Waals surface area (Å²) in [6.45, 7) is 0.861. The van der Waals surface area contributed by atoms with Gasteiger partial charge >= 0.3 is 5.97 Å². The van der Waals surface area contributed by atoms with Gasteiger partial charge in [-0.2, -0.15) is 0 Å². The molecule has 3 rings (SSSR count). The maximum Gasteiger partial charge on any atom is 0.335 e. The molecule has 2 aromatic rings. The van der Waals surface area contributed by atoms with Gasteiger partial charge in [-0.3, -0.25) is 0 Å². The number of rotatable bonds is 4. The SMILES string of the molecule is NC1COc2cc(OCc3ccc(C(=O)O)cc3)ccc21. The van der Waals surface area contributed by atoms with Crippen molar-refractivity contribution in [2.24, 2.45) is 5.73 Å². The van der Waals surface area contributed by atoms with Gasteiger partial charge in [0, 0.05) is 11.6 Å². The maximum absolute atomic E-state index is 10.8. The Morgan fingerprint density at radius 3 is 2.76 bits per heavy atom. The highest BCUT2D eigenvalue weighted by Gasteiger charge is 2.20. The molecule has 0 amide bonds. The van der Waals surface area contributed by atoms with Crippen molar-refractivity contribution in [3.05, 3.63) is 59.2 Å². The second-order valence-electron chi connectivity index (χ2n) is 4.91. The highest BCUT2D eigenvalue weighted by atomic mass is 16.5. The molecule has 0 aromatic heterocycles. The lowest BCUT2D eigenvalue weighted by molar-refractivity contribution is 0.0697. The van der Waals surface area contributed by atoms with Crippen LogP contribution in [0, 0.1) is 0 Å². The zero-order valence-corrected chi connectivity index (χ0v) is 11.3. The first-order chi connectivity index (χ1) is 10.1. The number of aromatic carboxylic acids is 1. The second kappa shape index (κ2) is 5.46. The molecule has 2 aromatic carbocycles. The van der Waals surface area contributed by atoms with Gasteiger partial charge in [0.25, 0.3) is 0 Å². The van der Waals surface area contributed by atoms with Gasteiger partial charge in [0.2, 0.25) is 0 Å². The van der Waals surface area contributed by atoms with Crippen molar-refractivity contribution in [3.8, 4) is 11.5 Å². The zero-order chi connectivity index (χ0) is 14.8. The lowest BCUT2D eigenvalue weighted by Crippen LogP contribution is -2.10. The van der Waals surface area contributed by atoms with E-state index < -0.39 is 5.97 Å². The summed E-state index contributed by atoms with van der Waals surface area (Å²) in [4.78, 5) is 10.8. The standard InChI is InChI=1S/C16H15NO4/c17-14-9-21-15-7-12(5-6-13(14)15)20-8-10-1-3-11(4-2-10)16(18)19/h1-7,14H,8-9,17H2,(H,18,19). The molecule has 0 aliphatic carbocycles. The largest absolute Gasteiger partial charge is 0.491 e. The van der Waals surface area contributed by atoms with Gasteiger partial charge in [0.1, 0.15) is 24.7 Å². The minimum atomic E-state index is -0.936. The highest BCUT2D eigenvalue weighted by Crippen LogP contribution is 2.34. The molecule has 1 atom stereocenters. The molecule has 1 heterocycles. The van der Waals surface area contributed by atoms with E-state index in [0.717, 1.165) is 16.9 Å². The van der Waals surface area contributed by atoms with Crippen molar-refractivity contribution in [2.45, 2.75) is 12.6 Å². The Hall–Kier alpha value is -2.53. The number of fused-ring (bicyclic) bond motifs is 1. The van der Waals surface area contributed by atoms with E-state index in [1.807, 2.05) is 18.2 Å². The van der Waals surface area contributed by atoms with E-state index in [9.17, 15) is 4.79 Å². The molecular formula is C16H15NO4. The van der Waals surface area contributed by atoms with Crippen molar-refractivity contribution in [3.63, 3.8) is 0 Å². The molecule has 0 spiro atoms. The third kappa shape index (κ3) is 2.83. The fourth-order valence-corrected chi connectivity index (χ4v) is 2.22. The van der Waals surface area contributed by atoms with Gasteiger partial charge in [-0.1, -0.05) is 12.1 Å². The summed E-state index contributed by atoms with van der Waals surface area (Å²) in [7, 11) is 0. The molecule has 0 saturated carbocycles. The number of carboxylic acid groups (broad SMARTS) is 1. The summed E-state index contributed by atoms with van der Waals surface area (Å²) < 4.78 is 11.2. The second-order valence-corrected chi connectivity index (χ2v) is 4.91. The van der Waals surface area contributed by atoms with E-state index in [0.29, 0.717) is 19.0 Å². The molecule has 108 valence electrons. The summed E-state index contributed by atoms with van der Waals surface area (Å²) in [6.07, 6.45) is 0. The summed E-state index contributed by atoms with van der Waals surface area (Å²) in [5.41, 5.74) is 8.04. The molecule has 5 heteroatoms. The van der Waals surface area contributed by atoms with Crippen LogP contribution in [0.15, 0.2) is 42.5 Å². The van der Waals surface area contributed by atoms with Crippen molar-refractivity contribution in [1.29, 1.82) is 0 Å². The topological polar surface area (TPSA) is 81.8 Å². The van der Waals surface area contributed by atoms with Crippen LogP contribution in [-0.2, 0) is 6.61 Å². The quantitative estimate of drug-likeness (QED) is 0.901. The number of ether oxygens (including phenoxy) is 2. The number of hydrogen-bond acceptors (Lipinski definition) is 4. The first-order valence-electron chi connectivity index (χ1n) is 6.61. The van der Waals surface area contributed by atoms with Gasteiger partial charge in [0.05, 0.1) is 11.6 Å². The van der Waals surface area contributed by atoms with Crippen LogP contribution in [0.1, 0.15) is 27.5 Å². The number of carboxylic acids is 1. The van der Waals surface area contributed by atoms with Crippen molar-refractivity contribution >= 4 is 5.97 Å². The van der Waals surface area contributed by atoms with Crippen LogP contribution < -0.4 is 15.2 Å². The third-order valence-electron chi connectivity index (χ3n) is 3.41. The van der Waals surface area contributed by atoms with E-state index in [4.69, 9.17) is 20.3 Å². The minimum absolute atomic E-state index is 0.0717. The molecule has 0 bridgehead atoms. The molecule has 0 radical (unpaired) electrons. The Morgan fingerprint density at radius 2 is 2.05 bits per heavy atom. The van der Waals surface area contributed by atoms with Gasteiger partial charge in [0.15, 0.2) is 0 Å². The summed E-state index contributed by atoms with van der Waals surface area (Å²) in [5, 5.41) is 8.84. The predicted octanol–water partition coefficient (Wildman–Crippen LogP) is 2.36. The minimum Gasteiger partial charge on any atom is -0.491 e. The molecule has 1 unspecified atom stereocenters. The number of benzene rings is 2. The Morgan fingerprint density at radius 1 is 1.29 bits per heavy atom. The van der Waals surface area contributed by atoms with Crippen LogP contribution in [0.4, 0.5) is 0 Å². The van der Waals surface area contributed by atoms with Gasteiger partial charge in [-0.15, -0.1) is 0 Å². The zero-order valence-electron chi connectivity index (χ0n) is 11.3. The van der Waals surface area contributed by atoms with Crippen LogP contribution in [0.25, 0.3) is 0 Å². The average molecular weight is 285 g/mol. The first-order valence-corrected chi connectivity index (χ1v) is 6.61. The van der Waals surface area contributed by atoms with Gasteiger partial charge in [-0.25, -0.2) is 4.79 Å². The molecule has 0 saturated heterocycles. The van der Waals surface area contributed by atoms with Gasteiger partial charge < -0.3 is 20.3 Å². The summed E-state index contributed by atoms with van der Waals surface area (Å²) in [5.74, 6) is 0.529. The maximum atomic E-state index is 10.8. The monoisotopic (exact) mass is 285 g/mol. The first kappa shape index (κ1) is 13.5. The van der Waals surface area contributed by atoms with Crippen LogP contribution in [-0.4, -0.2) is 17.7 Å². The van der Waals surface area contributed by atoms with E-state index >= 15 is 0 Å². The molecule has 5 nitrogen and oxygen atoms in total. The van der Waals surface area contributed by atoms with Crippen LogP contribution in [0.2, 0.25) is 0 Å². The third-order valence-corrected chi connectivity index (χ3v) is 3.41. The van der Waals surface area contributed by atoms with Crippen LogP contribution in [0.3, 0.4) is 0 Å². The number of carbonyl (C=O) groups is 1. The molecule has 3 N–H and O–H groups in total. The lowest BCUT2D eigenvalue weighted by atomic mass is 10.1. The van der Waals surface area contributed by atoms with Crippen LogP contribution >= 0.6 is 0 Å². The van der Waals surface area contributed by atoms with E-state index in [2.05, 4.69) is 0 Å². The Kier molecular flexibility index (Phi) is 3.50. The highest BCUT2D eigenvalue weighted by molar-refractivity contribution is 5.87. The molecule has 21 heavy (non-hydrogen) atoms. The fraction of sp³-hybridized carbons (Fsp3) is 0.188. The Bertz CT molecular complexity index is 666. The molecule has 1 aliphatic rings. The lowest BCUT2D eigenvalue weighted by Gasteiger charge is -2.08. The normalized spacial score (nSPS) is 16.1. The van der Waals surface area contributed by atoms with Gasteiger partial charge in [-0.05, 0) is 29.8 Å². The molecule has 1 aliphatic heterocycles. The van der Waals surface area contributed by atoms with Crippen molar-refractivity contribution in [1.82, 2.24) is 0 Å². The predicted molar refractivity (Wildman–Crippen MR) is 76.6 cm³/mol. The fourth-order valence-electron chi connectivity index (χ4n) is 2.22. The van der Waals surface area contributed by atoms with E-state index in [1.165, 1.54) is 0 Å². The van der Waals surface area contributed by atoms with Crippen molar-refractivity contribution in [2.75, 3.05) is 6.61 Å². The molecular weight excluding hydrogens is 270 g/mol. The Balaban J connectivity index is 1.66. The van der Waals surface area contributed by atoms with E-state index in [-0.39, 0.29) is 11.6 Å². The summed E-state index contributed by atoms with van der Waals surface area (Å²) >= 11 is 0.